The predicted molar refractivity (Wildman–Crippen MR) is 58.4 cm³/mol. The molecule has 2 rings (SSSR count). The molecule has 0 aromatic rings. The second-order valence-corrected chi connectivity index (χ2v) is 5.04. The summed E-state index contributed by atoms with van der Waals surface area (Å²) in [7, 11) is 0. The second-order valence-electron chi connectivity index (χ2n) is 5.04. The second kappa shape index (κ2) is 5.13. The maximum absolute atomic E-state index is 5.39. The average Bonchev–Trinajstić information content (AvgIpc) is 2.58. The highest BCUT2D eigenvalue weighted by Crippen LogP contribution is 2.23. The van der Waals surface area contributed by atoms with E-state index in [1.807, 2.05) is 0 Å². The maximum Gasteiger partial charge on any atom is 0.0620 e. The zero-order valence-electron chi connectivity index (χ0n) is 9.30. The summed E-state index contributed by atoms with van der Waals surface area (Å²) in [6.07, 6.45) is 8.21. The van der Waals surface area contributed by atoms with Crippen molar-refractivity contribution in [3.05, 3.63) is 0 Å². The summed E-state index contributed by atoms with van der Waals surface area (Å²) in [6, 6.07) is 1.42. The van der Waals surface area contributed by atoms with E-state index < -0.39 is 0 Å². The van der Waals surface area contributed by atoms with Crippen LogP contribution in [0.25, 0.3) is 0 Å². The van der Waals surface area contributed by atoms with Crippen LogP contribution in [0.3, 0.4) is 0 Å². The number of ether oxygens (including phenoxy) is 1. The van der Waals surface area contributed by atoms with Gasteiger partial charge in [-0.2, -0.15) is 0 Å². The van der Waals surface area contributed by atoms with E-state index >= 15 is 0 Å². The molecule has 14 heavy (non-hydrogen) atoms. The highest BCUT2D eigenvalue weighted by atomic mass is 16.5. The summed E-state index contributed by atoms with van der Waals surface area (Å²) in [5.74, 6) is 0.946. The van der Waals surface area contributed by atoms with E-state index in [9.17, 15) is 0 Å². The van der Waals surface area contributed by atoms with Crippen molar-refractivity contribution in [2.45, 2.75) is 57.5 Å². The van der Waals surface area contributed by atoms with Gasteiger partial charge in [0.1, 0.15) is 0 Å². The lowest BCUT2D eigenvalue weighted by Gasteiger charge is -2.20. The number of rotatable bonds is 2. The monoisotopic (exact) mass is 197 g/mol. The SMILES string of the molecule is CC1CCCC(NC2CCOC2)CC1. The van der Waals surface area contributed by atoms with Crippen LogP contribution in [0.5, 0.6) is 0 Å². The minimum Gasteiger partial charge on any atom is -0.380 e. The Morgan fingerprint density at radius 1 is 1.00 bits per heavy atom. The molecule has 0 radical (unpaired) electrons. The molecular weight excluding hydrogens is 174 g/mol. The summed E-state index contributed by atoms with van der Waals surface area (Å²) >= 11 is 0. The molecule has 3 unspecified atom stereocenters. The molecule has 1 aliphatic heterocycles. The van der Waals surface area contributed by atoms with Gasteiger partial charge in [0.05, 0.1) is 6.61 Å². The lowest BCUT2D eigenvalue weighted by Crippen LogP contribution is -2.38. The highest BCUT2D eigenvalue weighted by molar-refractivity contribution is 4.79. The maximum atomic E-state index is 5.39. The van der Waals surface area contributed by atoms with Crippen LogP contribution in [0.4, 0.5) is 0 Å². The van der Waals surface area contributed by atoms with E-state index in [0.29, 0.717) is 6.04 Å². The number of hydrogen-bond donors (Lipinski definition) is 1. The molecule has 2 aliphatic rings. The summed E-state index contributed by atoms with van der Waals surface area (Å²) < 4.78 is 5.39. The lowest BCUT2D eigenvalue weighted by molar-refractivity contribution is 0.187. The Bertz CT molecular complexity index is 166. The minimum atomic E-state index is 0.647. The van der Waals surface area contributed by atoms with Crippen molar-refractivity contribution in [1.82, 2.24) is 5.32 Å². The molecule has 0 aromatic carbocycles. The van der Waals surface area contributed by atoms with E-state index in [0.717, 1.165) is 25.2 Å². The average molecular weight is 197 g/mol. The van der Waals surface area contributed by atoms with Gasteiger partial charge in [-0.15, -0.1) is 0 Å². The Kier molecular flexibility index (Phi) is 3.82. The zero-order chi connectivity index (χ0) is 9.80. The molecule has 0 spiro atoms. The largest absolute Gasteiger partial charge is 0.380 e. The van der Waals surface area contributed by atoms with E-state index in [1.54, 1.807) is 0 Å². The van der Waals surface area contributed by atoms with Gasteiger partial charge in [-0.3, -0.25) is 0 Å². The van der Waals surface area contributed by atoms with Gasteiger partial charge in [-0.1, -0.05) is 19.8 Å². The summed E-state index contributed by atoms with van der Waals surface area (Å²) in [6.45, 7) is 4.29. The molecule has 0 aromatic heterocycles. The van der Waals surface area contributed by atoms with Gasteiger partial charge in [0.15, 0.2) is 0 Å². The third kappa shape index (κ3) is 2.96. The molecular formula is C12H23NO. The van der Waals surface area contributed by atoms with Crippen molar-refractivity contribution in [3.63, 3.8) is 0 Å². The molecule has 82 valence electrons. The summed E-state index contributed by atoms with van der Waals surface area (Å²) in [5.41, 5.74) is 0. The van der Waals surface area contributed by atoms with Crippen molar-refractivity contribution in [3.8, 4) is 0 Å². The Labute approximate surface area is 87.4 Å². The molecule has 2 nitrogen and oxygen atoms in total. The van der Waals surface area contributed by atoms with Crippen LogP contribution in [0.1, 0.15) is 45.4 Å². The number of nitrogens with one attached hydrogen (secondary N) is 1. The first-order valence-corrected chi connectivity index (χ1v) is 6.18. The zero-order valence-corrected chi connectivity index (χ0v) is 9.30. The van der Waals surface area contributed by atoms with Crippen LogP contribution in [-0.4, -0.2) is 25.3 Å². The molecule has 0 amide bonds. The van der Waals surface area contributed by atoms with E-state index in [2.05, 4.69) is 12.2 Å². The first-order chi connectivity index (χ1) is 6.84. The topological polar surface area (TPSA) is 21.3 Å². The molecule has 1 N–H and O–H groups in total. The highest BCUT2D eigenvalue weighted by Gasteiger charge is 2.21. The van der Waals surface area contributed by atoms with Crippen molar-refractivity contribution in [1.29, 1.82) is 0 Å². The fourth-order valence-corrected chi connectivity index (χ4v) is 2.65. The van der Waals surface area contributed by atoms with Crippen LogP contribution >= 0.6 is 0 Å². The van der Waals surface area contributed by atoms with E-state index in [-0.39, 0.29) is 0 Å². The molecule has 1 heterocycles. The van der Waals surface area contributed by atoms with Crippen LogP contribution < -0.4 is 5.32 Å². The molecule has 2 fully saturated rings. The molecule has 3 atom stereocenters. The standard InChI is InChI=1S/C12H23NO/c1-10-3-2-4-11(6-5-10)13-12-7-8-14-9-12/h10-13H,2-9H2,1H3. The fraction of sp³-hybridized carbons (Fsp3) is 1.00. The van der Waals surface area contributed by atoms with Crippen LogP contribution in [0.2, 0.25) is 0 Å². The Hall–Kier alpha value is -0.0800. The predicted octanol–water partition coefficient (Wildman–Crippen LogP) is 2.33. The van der Waals surface area contributed by atoms with Crippen molar-refractivity contribution in [2.75, 3.05) is 13.2 Å². The first-order valence-electron chi connectivity index (χ1n) is 6.18. The molecule has 1 saturated carbocycles. The van der Waals surface area contributed by atoms with Crippen molar-refractivity contribution < 1.29 is 4.74 Å². The van der Waals surface area contributed by atoms with Crippen LogP contribution in [0.15, 0.2) is 0 Å². The third-order valence-electron chi connectivity index (χ3n) is 3.66. The molecule has 0 bridgehead atoms. The van der Waals surface area contributed by atoms with Crippen molar-refractivity contribution >= 4 is 0 Å². The van der Waals surface area contributed by atoms with E-state index in [4.69, 9.17) is 4.74 Å². The Morgan fingerprint density at radius 3 is 2.71 bits per heavy atom. The van der Waals surface area contributed by atoms with Crippen molar-refractivity contribution in [2.24, 2.45) is 5.92 Å². The van der Waals surface area contributed by atoms with Crippen LogP contribution in [-0.2, 0) is 4.74 Å². The fourth-order valence-electron chi connectivity index (χ4n) is 2.65. The Morgan fingerprint density at radius 2 is 1.93 bits per heavy atom. The lowest BCUT2D eigenvalue weighted by atomic mass is 10.0. The summed E-state index contributed by atoms with van der Waals surface area (Å²) in [5, 5.41) is 3.75. The van der Waals surface area contributed by atoms with Gasteiger partial charge in [-0.05, 0) is 31.6 Å². The van der Waals surface area contributed by atoms with Gasteiger partial charge >= 0.3 is 0 Å². The minimum absolute atomic E-state index is 0.647. The molecule has 2 heteroatoms. The van der Waals surface area contributed by atoms with Crippen LogP contribution in [0, 0.1) is 5.92 Å². The third-order valence-corrected chi connectivity index (χ3v) is 3.66. The normalized spacial score (nSPS) is 39.6. The van der Waals surface area contributed by atoms with Gasteiger partial charge < -0.3 is 10.1 Å². The first kappa shape index (κ1) is 10.4. The van der Waals surface area contributed by atoms with Gasteiger partial charge in [0.25, 0.3) is 0 Å². The number of hydrogen-bond acceptors (Lipinski definition) is 2. The molecule has 1 saturated heterocycles. The Balaban J connectivity index is 1.73. The molecule has 1 aliphatic carbocycles. The smallest absolute Gasteiger partial charge is 0.0620 e. The van der Waals surface area contributed by atoms with E-state index in [1.165, 1.54) is 38.5 Å². The van der Waals surface area contributed by atoms with Gasteiger partial charge in [0.2, 0.25) is 0 Å². The van der Waals surface area contributed by atoms with Gasteiger partial charge in [-0.25, -0.2) is 0 Å². The van der Waals surface area contributed by atoms with Gasteiger partial charge in [0, 0.05) is 18.7 Å². The summed E-state index contributed by atoms with van der Waals surface area (Å²) in [4.78, 5) is 0. The quantitative estimate of drug-likeness (QED) is 0.686.